The number of ketones is 1. The number of rotatable bonds is 2. The van der Waals surface area contributed by atoms with E-state index in [0.29, 0.717) is 18.4 Å². The van der Waals surface area contributed by atoms with Crippen LogP contribution in [0.25, 0.3) is 0 Å². The summed E-state index contributed by atoms with van der Waals surface area (Å²) in [6.07, 6.45) is 2.26. The maximum Gasteiger partial charge on any atom is 0.329 e. The highest BCUT2D eigenvalue weighted by molar-refractivity contribution is 5.93. The lowest BCUT2D eigenvalue weighted by atomic mass is 10.0. The summed E-state index contributed by atoms with van der Waals surface area (Å²) in [7, 11) is 1.28. The number of esters is 1. The molecular weight excluding hydrogens is 270 g/mol. The van der Waals surface area contributed by atoms with E-state index in [0.717, 1.165) is 12.8 Å². The standard InChI is InChI=1S/C11H15NO4.C5H12/c1-16-11(15)9-6-8(13)4-5-12(9)10(14)7-2-3-7;1-5(2,3)4/h7,9H,2-6H2,1H3;1-4H3. The number of hydrogen-bond acceptors (Lipinski definition) is 4. The SMILES string of the molecule is CC(C)(C)C.COC(=O)C1CC(=O)CCN1C(=O)C1CC1. The number of Topliss-reactive ketones (excluding diaryl/α,β-unsaturated/α-hetero) is 1. The van der Waals surface area contributed by atoms with E-state index in [-0.39, 0.29) is 24.0 Å². The van der Waals surface area contributed by atoms with E-state index < -0.39 is 12.0 Å². The first-order valence-corrected chi connectivity index (χ1v) is 7.53. The minimum Gasteiger partial charge on any atom is -0.467 e. The first-order chi connectivity index (χ1) is 9.63. The molecule has 21 heavy (non-hydrogen) atoms. The van der Waals surface area contributed by atoms with Gasteiger partial charge in [0.15, 0.2) is 0 Å². The van der Waals surface area contributed by atoms with Gasteiger partial charge in [-0.2, -0.15) is 0 Å². The molecule has 0 spiro atoms. The Morgan fingerprint density at radius 2 is 1.71 bits per heavy atom. The lowest BCUT2D eigenvalue weighted by Gasteiger charge is -2.33. The number of methoxy groups -OCH3 is 1. The van der Waals surface area contributed by atoms with Gasteiger partial charge in [0.25, 0.3) is 0 Å². The molecule has 0 bridgehead atoms. The van der Waals surface area contributed by atoms with Crippen molar-refractivity contribution in [2.45, 2.75) is 59.4 Å². The van der Waals surface area contributed by atoms with Gasteiger partial charge in [-0.25, -0.2) is 4.79 Å². The van der Waals surface area contributed by atoms with Crippen LogP contribution >= 0.6 is 0 Å². The van der Waals surface area contributed by atoms with Crippen molar-refractivity contribution in [1.82, 2.24) is 4.90 Å². The molecule has 1 heterocycles. The van der Waals surface area contributed by atoms with E-state index in [1.54, 1.807) is 0 Å². The molecular formula is C16H27NO4. The molecule has 0 N–H and O–H groups in total. The molecule has 1 aliphatic heterocycles. The van der Waals surface area contributed by atoms with E-state index in [1.807, 2.05) is 0 Å². The molecule has 0 aromatic heterocycles. The fourth-order valence-corrected chi connectivity index (χ4v) is 2.00. The van der Waals surface area contributed by atoms with E-state index in [9.17, 15) is 14.4 Å². The van der Waals surface area contributed by atoms with Gasteiger partial charge in [-0.05, 0) is 18.3 Å². The molecule has 120 valence electrons. The average Bonchev–Trinajstić information content (AvgIpc) is 3.19. The molecule has 2 rings (SSSR count). The molecule has 0 aromatic rings. The van der Waals surface area contributed by atoms with Gasteiger partial charge in [-0.15, -0.1) is 0 Å². The Morgan fingerprint density at radius 1 is 1.19 bits per heavy atom. The summed E-state index contributed by atoms with van der Waals surface area (Å²) >= 11 is 0. The largest absolute Gasteiger partial charge is 0.467 e. The van der Waals surface area contributed by atoms with Crippen LogP contribution in [0, 0.1) is 11.3 Å². The minimum absolute atomic E-state index is 0.00269. The lowest BCUT2D eigenvalue weighted by molar-refractivity contribution is -0.157. The van der Waals surface area contributed by atoms with Gasteiger partial charge in [-0.1, -0.05) is 27.7 Å². The average molecular weight is 297 g/mol. The highest BCUT2D eigenvalue weighted by atomic mass is 16.5. The van der Waals surface area contributed by atoms with Gasteiger partial charge in [-0.3, -0.25) is 9.59 Å². The van der Waals surface area contributed by atoms with E-state index >= 15 is 0 Å². The molecule has 2 aliphatic rings. The number of amides is 1. The second-order valence-corrected chi connectivity index (χ2v) is 7.34. The Morgan fingerprint density at radius 3 is 2.14 bits per heavy atom. The first kappa shape index (κ1) is 17.7. The third kappa shape index (κ3) is 6.27. The number of ether oxygens (including phenoxy) is 1. The molecule has 0 aromatic carbocycles. The third-order valence-electron chi connectivity index (χ3n) is 3.11. The Hall–Kier alpha value is -1.39. The highest BCUT2D eigenvalue weighted by Gasteiger charge is 2.41. The van der Waals surface area contributed by atoms with Crippen LogP contribution in [0.4, 0.5) is 0 Å². The summed E-state index contributed by atoms with van der Waals surface area (Å²) in [4.78, 5) is 36.2. The number of nitrogens with zero attached hydrogens (tertiary/aromatic N) is 1. The first-order valence-electron chi connectivity index (χ1n) is 7.53. The van der Waals surface area contributed by atoms with Crippen molar-refractivity contribution in [1.29, 1.82) is 0 Å². The van der Waals surface area contributed by atoms with Crippen molar-refractivity contribution < 1.29 is 19.1 Å². The molecule has 1 saturated carbocycles. The van der Waals surface area contributed by atoms with Gasteiger partial charge in [0.2, 0.25) is 5.91 Å². The quantitative estimate of drug-likeness (QED) is 0.733. The van der Waals surface area contributed by atoms with E-state index in [2.05, 4.69) is 32.4 Å². The van der Waals surface area contributed by atoms with Gasteiger partial charge >= 0.3 is 5.97 Å². The zero-order valence-electron chi connectivity index (χ0n) is 13.8. The Kier molecular flexibility index (Phi) is 5.93. The van der Waals surface area contributed by atoms with Crippen LogP contribution < -0.4 is 0 Å². The maximum absolute atomic E-state index is 11.9. The molecule has 1 unspecified atom stereocenters. The van der Waals surface area contributed by atoms with Crippen LogP contribution in [0.3, 0.4) is 0 Å². The molecule has 1 saturated heterocycles. The van der Waals surface area contributed by atoms with Crippen molar-refractivity contribution >= 4 is 17.7 Å². The van der Waals surface area contributed by atoms with Gasteiger partial charge in [0, 0.05) is 25.3 Å². The summed E-state index contributed by atoms with van der Waals surface area (Å²) in [5, 5.41) is 0. The normalized spacial score (nSPS) is 22.2. The topological polar surface area (TPSA) is 63.7 Å². The molecule has 2 fully saturated rings. The zero-order chi connectivity index (χ0) is 16.2. The second kappa shape index (κ2) is 7.05. The van der Waals surface area contributed by atoms with Gasteiger partial charge in [0.05, 0.1) is 7.11 Å². The Labute approximate surface area is 127 Å². The Balaban J connectivity index is 0.000000383. The molecule has 1 aliphatic carbocycles. The monoisotopic (exact) mass is 297 g/mol. The number of piperidine rings is 1. The minimum atomic E-state index is -0.695. The smallest absolute Gasteiger partial charge is 0.329 e. The van der Waals surface area contributed by atoms with Crippen molar-refractivity contribution in [3.63, 3.8) is 0 Å². The zero-order valence-corrected chi connectivity index (χ0v) is 13.8. The summed E-state index contributed by atoms with van der Waals surface area (Å²) in [5.74, 6) is -0.388. The summed E-state index contributed by atoms with van der Waals surface area (Å²) in [6.45, 7) is 9.11. The van der Waals surface area contributed by atoms with Crippen molar-refractivity contribution in [2.24, 2.45) is 11.3 Å². The number of hydrogen-bond donors (Lipinski definition) is 0. The highest BCUT2D eigenvalue weighted by Crippen LogP contribution is 2.33. The van der Waals surface area contributed by atoms with Crippen LogP contribution in [0.2, 0.25) is 0 Å². The fourth-order valence-electron chi connectivity index (χ4n) is 2.00. The van der Waals surface area contributed by atoms with Crippen molar-refractivity contribution in [2.75, 3.05) is 13.7 Å². The predicted molar refractivity (Wildman–Crippen MR) is 79.6 cm³/mol. The van der Waals surface area contributed by atoms with E-state index in [4.69, 9.17) is 0 Å². The number of carbonyl (C=O) groups excluding carboxylic acids is 3. The van der Waals surface area contributed by atoms with Crippen LogP contribution in [0.1, 0.15) is 53.4 Å². The molecule has 5 nitrogen and oxygen atoms in total. The van der Waals surface area contributed by atoms with Crippen molar-refractivity contribution in [3.8, 4) is 0 Å². The van der Waals surface area contributed by atoms with Gasteiger partial charge in [0.1, 0.15) is 11.8 Å². The van der Waals surface area contributed by atoms with Crippen molar-refractivity contribution in [3.05, 3.63) is 0 Å². The number of carbonyl (C=O) groups is 3. The lowest BCUT2D eigenvalue weighted by Crippen LogP contribution is -2.51. The number of likely N-dealkylation sites (tertiary alicyclic amines) is 1. The summed E-state index contributed by atoms with van der Waals surface area (Å²) in [6, 6.07) is -0.695. The van der Waals surface area contributed by atoms with Crippen LogP contribution in [-0.2, 0) is 19.1 Å². The summed E-state index contributed by atoms with van der Waals surface area (Å²) in [5.41, 5.74) is 0.500. The molecule has 1 amide bonds. The Bertz CT molecular complexity index is 401. The second-order valence-electron chi connectivity index (χ2n) is 7.34. The molecule has 1 atom stereocenters. The van der Waals surface area contributed by atoms with Crippen LogP contribution in [0.15, 0.2) is 0 Å². The third-order valence-corrected chi connectivity index (χ3v) is 3.11. The molecule has 0 radical (unpaired) electrons. The predicted octanol–water partition coefficient (Wildman–Crippen LogP) is 2.18. The van der Waals surface area contributed by atoms with E-state index in [1.165, 1.54) is 12.0 Å². The van der Waals surface area contributed by atoms with Crippen LogP contribution in [-0.4, -0.2) is 42.3 Å². The van der Waals surface area contributed by atoms with Gasteiger partial charge < -0.3 is 9.64 Å². The fraction of sp³-hybridized carbons (Fsp3) is 0.812. The maximum atomic E-state index is 11.9. The molecule has 5 heteroatoms. The van der Waals surface area contributed by atoms with Crippen LogP contribution in [0.5, 0.6) is 0 Å². The summed E-state index contributed by atoms with van der Waals surface area (Å²) < 4.78 is 4.63.